The smallest absolute Gasteiger partial charge is 0.169 e. The van der Waals surface area contributed by atoms with E-state index in [9.17, 15) is 0 Å². The van der Waals surface area contributed by atoms with E-state index in [1.807, 2.05) is 14.1 Å². The Morgan fingerprint density at radius 2 is 2.06 bits per heavy atom. The standard InChI is InChI=1S/C10H18N6O/c1-15(2)14-9-8(11)10(13-7-12-9)16-3-5-17-6-4-16/h7H,3-6,11H2,1-2H3,(H,12,13,14). The maximum atomic E-state index is 6.07. The molecule has 1 aliphatic rings. The average molecular weight is 238 g/mol. The van der Waals surface area contributed by atoms with Gasteiger partial charge in [0.05, 0.1) is 13.2 Å². The summed E-state index contributed by atoms with van der Waals surface area (Å²) in [6.07, 6.45) is 1.52. The molecule has 1 fully saturated rings. The van der Waals surface area contributed by atoms with Crippen LogP contribution in [0.15, 0.2) is 6.33 Å². The van der Waals surface area contributed by atoms with Gasteiger partial charge < -0.3 is 20.8 Å². The summed E-state index contributed by atoms with van der Waals surface area (Å²) in [6.45, 7) is 3.03. The maximum Gasteiger partial charge on any atom is 0.169 e. The highest BCUT2D eigenvalue weighted by atomic mass is 16.5. The predicted molar refractivity (Wildman–Crippen MR) is 66.8 cm³/mol. The minimum Gasteiger partial charge on any atom is -0.393 e. The molecule has 7 nitrogen and oxygen atoms in total. The Morgan fingerprint density at radius 3 is 2.71 bits per heavy atom. The van der Waals surface area contributed by atoms with Crippen molar-refractivity contribution in [2.24, 2.45) is 0 Å². The first-order valence-corrected chi connectivity index (χ1v) is 5.55. The van der Waals surface area contributed by atoms with E-state index in [2.05, 4.69) is 20.3 Å². The van der Waals surface area contributed by atoms with E-state index in [0.717, 1.165) is 18.9 Å². The number of rotatable bonds is 3. The van der Waals surface area contributed by atoms with E-state index < -0.39 is 0 Å². The van der Waals surface area contributed by atoms with Crippen molar-refractivity contribution in [3.8, 4) is 0 Å². The van der Waals surface area contributed by atoms with E-state index in [4.69, 9.17) is 10.5 Å². The molecule has 1 aromatic heterocycles. The Hall–Kier alpha value is -1.60. The van der Waals surface area contributed by atoms with Gasteiger partial charge in [-0.3, -0.25) is 0 Å². The third-order valence-corrected chi connectivity index (χ3v) is 2.50. The first kappa shape index (κ1) is 11.9. The van der Waals surface area contributed by atoms with Crippen molar-refractivity contribution in [1.29, 1.82) is 0 Å². The Morgan fingerprint density at radius 1 is 1.35 bits per heavy atom. The molecule has 0 atom stereocenters. The molecule has 3 N–H and O–H groups in total. The Balaban J connectivity index is 2.21. The van der Waals surface area contributed by atoms with Gasteiger partial charge in [-0.25, -0.2) is 15.0 Å². The maximum absolute atomic E-state index is 6.07. The highest BCUT2D eigenvalue weighted by Gasteiger charge is 2.17. The summed E-state index contributed by atoms with van der Waals surface area (Å²) in [6, 6.07) is 0. The molecule has 94 valence electrons. The SMILES string of the molecule is CN(C)Nc1ncnc(N2CCOCC2)c1N. The Kier molecular flexibility index (Phi) is 3.60. The molecule has 7 heteroatoms. The monoisotopic (exact) mass is 238 g/mol. The van der Waals surface area contributed by atoms with Crippen molar-refractivity contribution in [2.45, 2.75) is 0 Å². The summed E-state index contributed by atoms with van der Waals surface area (Å²) in [5.74, 6) is 1.40. The van der Waals surface area contributed by atoms with Gasteiger partial charge >= 0.3 is 0 Å². The number of nitrogens with zero attached hydrogens (tertiary/aromatic N) is 4. The lowest BCUT2D eigenvalue weighted by molar-refractivity contribution is 0.122. The van der Waals surface area contributed by atoms with Gasteiger partial charge in [-0.15, -0.1) is 0 Å². The minimum atomic E-state index is 0.572. The van der Waals surface area contributed by atoms with E-state index in [1.165, 1.54) is 6.33 Å². The van der Waals surface area contributed by atoms with Crippen molar-refractivity contribution < 1.29 is 4.74 Å². The number of nitrogens with one attached hydrogen (secondary N) is 1. The van der Waals surface area contributed by atoms with Crippen LogP contribution in [0.25, 0.3) is 0 Å². The van der Waals surface area contributed by atoms with Gasteiger partial charge in [-0.2, -0.15) is 0 Å². The lowest BCUT2D eigenvalue weighted by Gasteiger charge is -2.29. The van der Waals surface area contributed by atoms with Gasteiger partial charge in [-0.05, 0) is 0 Å². The number of hydrogen-bond acceptors (Lipinski definition) is 7. The lowest BCUT2D eigenvalue weighted by Crippen LogP contribution is -2.37. The molecular formula is C10H18N6O. The van der Waals surface area contributed by atoms with Crippen LogP contribution in [0.2, 0.25) is 0 Å². The number of morpholine rings is 1. The molecule has 2 rings (SSSR count). The van der Waals surface area contributed by atoms with E-state index in [0.29, 0.717) is 24.7 Å². The van der Waals surface area contributed by atoms with Gasteiger partial charge in [0.1, 0.15) is 12.0 Å². The Labute approximate surface area is 101 Å². The number of hydrazine groups is 1. The van der Waals surface area contributed by atoms with Crippen LogP contribution in [0.5, 0.6) is 0 Å². The number of nitrogens with two attached hydrogens (primary N) is 1. The molecule has 0 radical (unpaired) electrons. The molecule has 0 spiro atoms. The molecule has 0 bridgehead atoms. The molecule has 0 amide bonds. The fourth-order valence-corrected chi connectivity index (χ4v) is 1.71. The molecule has 0 aliphatic carbocycles. The van der Waals surface area contributed by atoms with Crippen molar-refractivity contribution in [3.63, 3.8) is 0 Å². The zero-order chi connectivity index (χ0) is 12.3. The van der Waals surface area contributed by atoms with Crippen molar-refractivity contribution in [3.05, 3.63) is 6.33 Å². The molecule has 0 unspecified atom stereocenters. The number of nitrogen functional groups attached to an aromatic ring is 1. The van der Waals surface area contributed by atoms with E-state index >= 15 is 0 Å². The first-order valence-electron chi connectivity index (χ1n) is 5.55. The third kappa shape index (κ3) is 2.75. The fourth-order valence-electron chi connectivity index (χ4n) is 1.71. The van der Waals surface area contributed by atoms with Gasteiger partial charge in [0.25, 0.3) is 0 Å². The van der Waals surface area contributed by atoms with Gasteiger partial charge in [0.15, 0.2) is 11.6 Å². The van der Waals surface area contributed by atoms with Gasteiger partial charge in [0, 0.05) is 27.2 Å². The van der Waals surface area contributed by atoms with Crippen LogP contribution in [-0.2, 0) is 4.74 Å². The van der Waals surface area contributed by atoms with Crippen LogP contribution in [-0.4, -0.2) is 55.4 Å². The molecule has 1 aromatic rings. The van der Waals surface area contributed by atoms with E-state index in [1.54, 1.807) is 5.01 Å². The van der Waals surface area contributed by atoms with Crippen molar-refractivity contribution in [2.75, 3.05) is 56.5 Å². The molecule has 1 aliphatic heterocycles. The second-order valence-electron chi connectivity index (χ2n) is 4.07. The second kappa shape index (κ2) is 5.15. The number of aromatic nitrogens is 2. The van der Waals surface area contributed by atoms with Crippen LogP contribution in [0.4, 0.5) is 17.3 Å². The summed E-state index contributed by atoms with van der Waals surface area (Å²) >= 11 is 0. The third-order valence-electron chi connectivity index (χ3n) is 2.50. The number of anilines is 3. The van der Waals surface area contributed by atoms with Gasteiger partial charge in [0.2, 0.25) is 0 Å². The predicted octanol–water partition coefficient (Wildman–Crippen LogP) is -0.216. The number of ether oxygens (including phenoxy) is 1. The fraction of sp³-hybridized carbons (Fsp3) is 0.600. The normalized spacial score (nSPS) is 16.3. The lowest BCUT2D eigenvalue weighted by atomic mass is 10.3. The van der Waals surface area contributed by atoms with Crippen LogP contribution in [0, 0.1) is 0 Å². The molecular weight excluding hydrogens is 220 g/mol. The number of hydrogen-bond donors (Lipinski definition) is 2. The first-order chi connectivity index (χ1) is 8.18. The van der Waals surface area contributed by atoms with Crippen molar-refractivity contribution >= 4 is 17.3 Å². The summed E-state index contributed by atoms with van der Waals surface area (Å²) in [4.78, 5) is 10.5. The largest absolute Gasteiger partial charge is 0.393 e. The summed E-state index contributed by atoms with van der Waals surface area (Å²) in [7, 11) is 3.77. The zero-order valence-electron chi connectivity index (χ0n) is 10.2. The molecule has 0 saturated carbocycles. The highest BCUT2D eigenvalue weighted by molar-refractivity contribution is 5.74. The Bertz CT molecular complexity index is 377. The highest BCUT2D eigenvalue weighted by Crippen LogP contribution is 2.26. The molecule has 1 saturated heterocycles. The summed E-state index contributed by atoms with van der Waals surface area (Å²) in [5.41, 5.74) is 9.69. The van der Waals surface area contributed by atoms with Crippen LogP contribution >= 0.6 is 0 Å². The topological polar surface area (TPSA) is 79.5 Å². The molecule has 2 heterocycles. The van der Waals surface area contributed by atoms with Crippen LogP contribution in [0.1, 0.15) is 0 Å². The van der Waals surface area contributed by atoms with Crippen LogP contribution < -0.4 is 16.1 Å². The minimum absolute atomic E-state index is 0.572. The van der Waals surface area contributed by atoms with Gasteiger partial charge in [-0.1, -0.05) is 0 Å². The summed E-state index contributed by atoms with van der Waals surface area (Å²) < 4.78 is 5.31. The summed E-state index contributed by atoms with van der Waals surface area (Å²) in [5, 5.41) is 1.79. The molecule has 17 heavy (non-hydrogen) atoms. The average Bonchev–Trinajstić information content (AvgIpc) is 2.32. The zero-order valence-corrected chi connectivity index (χ0v) is 10.2. The van der Waals surface area contributed by atoms with Crippen molar-refractivity contribution in [1.82, 2.24) is 15.0 Å². The second-order valence-corrected chi connectivity index (χ2v) is 4.07. The molecule has 0 aromatic carbocycles. The quantitative estimate of drug-likeness (QED) is 0.705. The van der Waals surface area contributed by atoms with Crippen LogP contribution in [0.3, 0.4) is 0 Å². The van der Waals surface area contributed by atoms with E-state index in [-0.39, 0.29) is 0 Å².